The molecule has 0 bridgehead atoms. The van der Waals surface area contributed by atoms with Crippen LogP contribution in [0.3, 0.4) is 0 Å². The van der Waals surface area contributed by atoms with Gasteiger partial charge in [-0.1, -0.05) is 16.8 Å². The Morgan fingerprint density at radius 1 is 1.16 bits per heavy atom. The van der Waals surface area contributed by atoms with Gasteiger partial charge in [0.15, 0.2) is 5.96 Å². The number of alkyl carbamates (subject to hydrolysis) is 1. The summed E-state index contributed by atoms with van der Waals surface area (Å²) in [6.07, 6.45) is 0.293. The molecule has 2 aromatic rings. The number of amides is 1. The van der Waals surface area contributed by atoms with E-state index in [1.807, 2.05) is 39.8 Å². The van der Waals surface area contributed by atoms with E-state index in [1.54, 1.807) is 12.1 Å². The first-order valence-electron chi connectivity index (χ1n) is 9.84. The van der Waals surface area contributed by atoms with Crippen LogP contribution in [-0.4, -0.2) is 47.4 Å². The molecule has 9 nitrogen and oxygen atoms in total. The third-order valence-electron chi connectivity index (χ3n) is 3.60. The molecule has 0 saturated heterocycles. The summed E-state index contributed by atoms with van der Waals surface area (Å²) in [6.45, 7) is 9.54. The molecule has 1 amide bonds. The number of aliphatic imine (C=N–C) groups is 1. The van der Waals surface area contributed by atoms with Gasteiger partial charge in [0.25, 0.3) is 0 Å². The SMILES string of the molecule is CCNC(=NCc1nc(-c2ccc(Cl)cc2)no1)NCCCNC(=O)OC(C)(C)C.I. The maximum absolute atomic E-state index is 11.6. The van der Waals surface area contributed by atoms with Crippen molar-refractivity contribution in [3.8, 4) is 11.4 Å². The van der Waals surface area contributed by atoms with E-state index in [2.05, 4.69) is 31.1 Å². The zero-order chi connectivity index (χ0) is 22.0. The van der Waals surface area contributed by atoms with Crippen molar-refractivity contribution < 1.29 is 14.1 Å². The normalized spacial score (nSPS) is 11.5. The minimum Gasteiger partial charge on any atom is -0.444 e. The van der Waals surface area contributed by atoms with Gasteiger partial charge in [-0.3, -0.25) is 0 Å². The van der Waals surface area contributed by atoms with Crippen LogP contribution in [0.25, 0.3) is 11.4 Å². The van der Waals surface area contributed by atoms with Crippen molar-refractivity contribution in [2.24, 2.45) is 4.99 Å². The Balaban J connectivity index is 0.00000480. The van der Waals surface area contributed by atoms with Gasteiger partial charge < -0.3 is 25.2 Å². The predicted molar refractivity (Wildman–Crippen MR) is 132 cm³/mol. The van der Waals surface area contributed by atoms with E-state index >= 15 is 0 Å². The number of halogens is 2. The van der Waals surface area contributed by atoms with E-state index in [-0.39, 0.29) is 30.5 Å². The van der Waals surface area contributed by atoms with Crippen molar-refractivity contribution >= 4 is 47.6 Å². The number of ether oxygens (including phenoxy) is 1. The average molecular weight is 565 g/mol. The van der Waals surface area contributed by atoms with Crippen molar-refractivity contribution in [1.82, 2.24) is 26.1 Å². The van der Waals surface area contributed by atoms with Crippen LogP contribution < -0.4 is 16.0 Å². The largest absolute Gasteiger partial charge is 0.444 e. The monoisotopic (exact) mass is 564 g/mol. The standard InChI is InChI=1S/C20H29ClN6O3.HI/c1-5-22-18(23-11-6-12-24-19(28)29-20(2,3)4)25-13-16-26-17(27-30-16)14-7-9-15(21)10-8-14;/h7-10H,5-6,11-13H2,1-4H3,(H,24,28)(H2,22,23,25);1H. The summed E-state index contributed by atoms with van der Waals surface area (Å²) in [5.41, 5.74) is 0.316. The number of hydrogen-bond acceptors (Lipinski definition) is 6. The van der Waals surface area contributed by atoms with Crippen LogP contribution in [0.5, 0.6) is 0 Å². The second kappa shape index (κ2) is 13.4. The molecule has 0 aliphatic heterocycles. The zero-order valence-corrected chi connectivity index (χ0v) is 21.3. The van der Waals surface area contributed by atoms with Gasteiger partial charge in [0, 0.05) is 30.2 Å². The molecule has 0 aliphatic rings. The van der Waals surface area contributed by atoms with Crippen molar-refractivity contribution in [3.63, 3.8) is 0 Å². The Kier molecular flexibility index (Phi) is 11.6. The van der Waals surface area contributed by atoms with Crippen molar-refractivity contribution in [2.45, 2.75) is 46.3 Å². The Hall–Kier alpha value is -2.08. The first-order valence-corrected chi connectivity index (χ1v) is 10.2. The van der Waals surface area contributed by atoms with E-state index in [9.17, 15) is 4.79 Å². The van der Waals surface area contributed by atoms with Crippen LogP contribution in [0.1, 0.15) is 40.0 Å². The summed E-state index contributed by atoms with van der Waals surface area (Å²) in [5, 5.41) is 13.7. The predicted octanol–water partition coefficient (Wildman–Crippen LogP) is 3.98. The molecule has 0 unspecified atom stereocenters. The molecule has 0 saturated carbocycles. The van der Waals surface area contributed by atoms with E-state index in [4.69, 9.17) is 20.9 Å². The molecule has 0 atom stereocenters. The molecule has 172 valence electrons. The molecular formula is C20H30ClIN6O3. The maximum atomic E-state index is 11.6. The Morgan fingerprint density at radius 3 is 2.48 bits per heavy atom. The van der Waals surface area contributed by atoms with Crippen molar-refractivity contribution in [1.29, 1.82) is 0 Å². The molecule has 3 N–H and O–H groups in total. The number of rotatable bonds is 8. The fourth-order valence-corrected chi connectivity index (χ4v) is 2.45. The lowest BCUT2D eigenvalue weighted by Gasteiger charge is -2.19. The number of nitrogens with one attached hydrogen (secondary N) is 3. The third-order valence-corrected chi connectivity index (χ3v) is 3.85. The number of guanidine groups is 1. The summed E-state index contributed by atoms with van der Waals surface area (Å²) in [6, 6.07) is 7.21. The maximum Gasteiger partial charge on any atom is 0.407 e. The highest BCUT2D eigenvalue weighted by atomic mass is 127. The highest BCUT2D eigenvalue weighted by Crippen LogP contribution is 2.18. The average Bonchev–Trinajstić information content (AvgIpc) is 3.14. The van der Waals surface area contributed by atoms with Gasteiger partial charge in [0.2, 0.25) is 11.7 Å². The number of carbonyl (C=O) groups excluding carboxylic acids is 1. The Labute approximate surface area is 204 Å². The van der Waals surface area contributed by atoms with Gasteiger partial charge in [-0.05, 0) is 58.4 Å². The summed E-state index contributed by atoms with van der Waals surface area (Å²) < 4.78 is 10.5. The highest BCUT2D eigenvalue weighted by Gasteiger charge is 2.15. The van der Waals surface area contributed by atoms with Crippen LogP contribution in [-0.2, 0) is 11.3 Å². The number of carbonyl (C=O) groups is 1. The summed E-state index contributed by atoms with van der Waals surface area (Å²) in [7, 11) is 0. The lowest BCUT2D eigenvalue weighted by molar-refractivity contribution is 0.0527. The minimum absolute atomic E-state index is 0. The molecule has 0 radical (unpaired) electrons. The molecule has 31 heavy (non-hydrogen) atoms. The van der Waals surface area contributed by atoms with Gasteiger partial charge in [0.05, 0.1) is 0 Å². The molecule has 2 rings (SSSR count). The number of aromatic nitrogens is 2. The number of hydrogen-bond donors (Lipinski definition) is 3. The molecule has 0 fully saturated rings. The van der Waals surface area contributed by atoms with Gasteiger partial charge in [-0.15, -0.1) is 24.0 Å². The quantitative estimate of drug-likeness (QED) is 0.192. The molecule has 0 spiro atoms. The molecule has 0 aliphatic carbocycles. The summed E-state index contributed by atoms with van der Waals surface area (Å²) >= 11 is 5.90. The smallest absolute Gasteiger partial charge is 0.407 e. The number of benzene rings is 1. The second-order valence-corrected chi connectivity index (χ2v) is 7.86. The third kappa shape index (κ3) is 10.7. The van der Waals surface area contributed by atoms with E-state index in [0.29, 0.717) is 48.8 Å². The van der Waals surface area contributed by atoms with Crippen LogP contribution >= 0.6 is 35.6 Å². The van der Waals surface area contributed by atoms with Crippen molar-refractivity contribution in [2.75, 3.05) is 19.6 Å². The van der Waals surface area contributed by atoms with Crippen molar-refractivity contribution in [3.05, 3.63) is 35.2 Å². The van der Waals surface area contributed by atoms with Gasteiger partial charge in [-0.2, -0.15) is 4.98 Å². The minimum atomic E-state index is -0.505. The Morgan fingerprint density at radius 2 is 1.84 bits per heavy atom. The van der Waals surface area contributed by atoms with E-state index in [1.165, 1.54) is 0 Å². The van der Waals surface area contributed by atoms with Crippen LogP contribution in [0.4, 0.5) is 4.79 Å². The molecule has 1 heterocycles. The molecular weight excluding hydrogens is 535 g/mol. The van der Waals surface area contributed by atoms with E-state index < -0.39 is 11.7 Å². The first kappa shape index (κ1) is 27.0. The van der Waals surface area contributed by atoms with Gasteiger partial charge in [0.1, 0.15) is 12.1 Å². The fourth-order valence-electron chi connectivity index (χ4n) is 2.32. The number of nitrogens with zero attached hydrogens (tertiary/aromatic N) is 3. The van der Waals surface area contributed by atoms with Crippen LogP contribution in [0.15, 0.2) is 33.8 Å². The second-order valence-electron chi connectivity index (χ2n) is 7.42. The lowest BCUT2D eigenvalue weighted by Crippen LogP contribution is -2.39. The van der Waals surface area contributed by atoms with Gasteiger partial charge >= 0.3 is 6.09 Å². The molecule has 1 aromatic heterocycles. The summed E-state index contributed by atoms with van der Waals surface area (Å²) in [4.78, 5) is 20.4. The van der Waals surface area contributed by atoms with Crippen LogP contribution in [0.2, 0.25) is 5.02 Å². The topological polar surface area (TPSA) is 114 Å². The molecule has 11 heteroatoms. The van der Waals surface area contributed by atoms with E-state index in [0.717, 1.165) is 5.56 Å². The first-order chi connectivity index (χ1) is 14.3. The fraction of sp³-hybridized carbons (Fsp3) is 0.500. The Bertz CT molecular complexity index is 836. The van der Waals surface area contributed by atoms with Gasteiger partial charge in [-0.25, -0.2) is 9.79 Å². The zero-order valence-electron chi connectivity index (χ0n) is 18.2. The molecule has 1 aromatic carbocycles. The summed E-state index contributed by atoms with van der Waals surface area (Å²) in [5.74, 6) is 1.52. The highest BCUT2D eigenvalue weighted by molar-refractivity contribution is 14.0. The van der Waals surface area contributed by atoms with Crippen LogP contribution in [0, 0.1) is 0 Å². The lowest BCUT2D eigenvalue weighted by atomic mass is 10.2.